The number of nitrogens with two attached hydrogens (primary N) is 1. The van der Waals surface area contributed by atoms with Gasteiger partial charge in [-0.05, 0) is 35.5 Å². The van der Waals surface area contributed by atoms with Gasteiger partial charge in [-0.2, -0.15) is 0 Å². The van der Waals surface area contributed by atoms with E-state index in [0.717, 1.165) is 11.1 Å². The predicted octanol–water partition coefficient (Wildman–Crippen LogP) is -0.992. The molecule has 3 N–H and O–H groups in total. The van der Waals surface area contributed by atoms with Crippen molar-refractivity contribution < 1.29 is 12.4 Å². The minimum Gasteiger partial charge on any atom is -1.00 e. The van der Waals surface area contributed by atoms with Crippen LogP contribution in [0.25, 0.3) is 0 Å². The summed E-state index contributed by atoms with van der Waals surface area (Å²) >= 11 is 4.92. The maximum absolute atomic E-state index is 5.57. The average Bonchev–Trinajstić information content (AvgIpc) is 2.38. The van der Waals surface area contributed by atoms with Gasteiger partial charge in [0.25, 0.3) is 0 Å². The summed E-state index contributed by atoms with van der Waals surface area (Å²) in [6.07, 6.45) is 3.51. The van der Waals surface area contributed by atoms with E-state index in [1.165, 1.54) is 0 Å². The summed E-state index contributed by atoms with van der Waals surface area (Å²) < 4.78 is 0. The lowest BCUT2D eigenvalue weighted by molar-refractivity contribution is -0.00000352. The average molecular weight is 279 g/mol. The Labute approximate surface area is 118 Å². The van der Waals surface area contributed by atoms with E-state index in [1.54, 1.807) is 12.4 Å². The zero-order chi connectivity index (χ0) is 12.1. The molecule has 0 aliphatic heterocycles. The highest BCUT2D eigenvalue weighted by atomic mass is 35.5. The SMILES string of the molecule is NC(=S)NC(c1ccccc1)c1ccncc1.[Cl-]. The number of nitrogens with one attached hydrogen (secondary N) is 1. The van der Waals surface area contributed by atoms with Crippen molar-refractivity contribution in [1.82, 2.24) is 10.3 Å². The Morgan fingerprint density at radius 1 is 1.06 bits per heavy atom. The second-order valence-corrected chi connectivity index (χ2v) is 4.07. The predicted molar refractivity (Wildman–Crippen MR) is 72.4 cm³/mol. The fourth-order valence-corrected chi connectivity index (χ4v) is 1.82. The van der Waals surface area contributed by atoms with Crippen LogP contribution in [0.5, 0.6) is 0 Å². The van der Waals surface area contributed by atoms with Gasteiger partial charge in [0.2, 0.25) is 0 Å². The van der Waals surface area contributed by atoms with Gasteiger partial charge in [-0.15, -0.1) is 0 Å². The fraction of sp³-hybridized carbons (Fsp3) is 0.0769. The third-order valence-corrected chi connectivity index (χ3v) is 2.58. The molecule has 1 heterocycles. The van der Waals surface area contributed by atoms with Crippen LogP contribution in [0.3, 0.4) is 0 Å². The number of hydrogen-bond acceptors (Lipinski definition) is 2. The topological polar surface area (TPSA) is 50.9 Å². The molecule has 18 heavy (non-hydrogen) atoms. The van der Waals surface area contributed by atoms with Crippen molar-refractivity contribution in [3.63, 3.8) is 0 Å². The van der Waals surface area contributed by atoms with E-state index in [-0.39, 0.29) is 23.6 Å². The molecule has 0 aliphatic rings. The van der Waals surface area contributed by atoms with Crippen molar-refractivity contribution in [3.8, 4) is 0 Å². The third kappa shape index (κ3) is 3.68. The number of rotatable bonds is 3. The van der Waals surface area contributed by atoms with E-state index in [2.05, 4.69) is 10.3 Å². The molecule has 3 nitrogen and oxygen atoms in total. The molecule has 1 unspecified atom stereocenters. The van der Waals surface area contributed by atoms with Crippen LogP contribution in [-0.2, 0) is 0 Å². The van der Waals surface area contributed by atoms with Gasteiger partial charge in [-0.3, -0.25) is 4.98 Å². The van der Waals surface area contributed by atoms with Crippen molar-refractivity contribution in [2.45, 2.75) is 6.04 Å². The van der Waals surface area contributed by atoms with E-state index in [9.17, 15) is 0 Å². The lowest BCUT2D eigenvalue weighted by Crippen LogP contribution is -3.00. The molecular formula is C13H13ClN3S-. The zero-order valence-corrected chi connectivity index (χ0v) is 11.2. The van der Waals surface area contributed by atoms with E-state index in [4.69, 9.17) is 18.0 Å². The number of thiocarbonyl (C=S) groups is 1. The molecular weight excluding hydrogens is 266 g/mol. The van der Waals surface area contributed by atoms with Gasteiger partial charge < -0.3 is 23.5 Å². The van der Waals surface area contributed by atoms with Crippen LogP contribution in [0.2, 0.25) is 0 Å². The zero-order valence-electron chi connectivity index (χ0n) is 9.58. The quantitative estimate of drug-likeness (QED) is 0.708. The van der Waals surface area contributed by atoms with E-state index in [1.807, 2.05) is 42.5 Å². The van der Waals surface area contributed by atoms with Crippen LogP contribution in [0.15, 0.2) is 54.9 Å². The standard InChI is InChI=1S/C13H13N3S.ClH/c14-13(17)16-12(10-4-2-1-3-5-10)11-6-8-15-9-7-11;/h1-9,12H,(H3,14,16,17);1H/p-1. The first-order valence-electron chi connectivity index (χ1n) is 5.28. The number of aromatic nitrogens is 1. The van der Waals surface area contributed by atoms with E-state index >= 15 is 0 Å². The molecule has 2 aromatic rings. The minimum absolute atomic E-state index is 0. The number of pyridine rings is 1. The van der Waals surface area contributed by atoms with Crippen molar-refractivity contribution in [2.24, 2.45) is 5.73 Å². The molecule has 1 atom stereocenters. The first-order valence-corrected chi connectivity index (χ1v) is 5.69. The minimum atomic E-state index is -0.0308. The molecule has 0 aliphatic carbocycles. The van der Waals surface area contributed by atoms with Crippen LogP contribution in [0.1, 0.15) is 17.2 Å². The summed E-state index contributed by atoms with van der Waals surface area (Å²) in [5, 5.41) is 3.38. The third-order valence-electron chi connectivity index (χ3n) is 2.46. The number of benzene rings is 1. The second-order valence-electron chi connectivity index (χ2n) is 3.63. The van der Waals surface area contributed by atoms with Gasteiger partial charge in [0, 0.05) is 12.4 Å². The fourth-order valence-electron chi connectivity index (χ4n) is 1.70. The van der Waals surface area contributed by atoms with Gasteiger partial charge in [0.05, 0.1) is 6.04 Å². The number of halogens is 1. The molecule has 94 valence electrons. The Morgan fingerprint density at radius 2 is 1.61 bits per heavy atom. The molecule has 0 saturated carbocycles. The molecule has 0 spiro atoms. The Balaban J connectivity index is 0.00000162. The summed E-state index contributed by atoms with van der Waals surface area (Å²) in [7, 11) is 0. The summed E-state index contributed by atoms with van der Waals surface area (Å²) in [6.45, 7) is 0. The molecule has 2 rings (SSSR count). The first kappa shape index (κ1) is 14.4. The Morgan fingerprint density at radius 3 is 2.17 bits per heavy atom. The second kappa shape index (κ2) is 6.93. The summed E-state index contributed by atoms with van der Waals surface area (Å²) in [4.78, 5) is 4.01. The van der Waals surface area contributed by atoms with Gasteiger partial charge in [-0.1, -0.05) is 30.3 Å². The van der Waals surface area contributed by atoms with E-state index < -0.39 is 0 Å². The maximum Gasteiger partial charge on any atom is 0.164 e. The molecule has 5 heteroatoms. The van der Waals surface area contributed by atoms with Gasteiger partial charge in [0.15, 0.2) is 5.11 Å². The Hall–Kier alpha value is -1.65. The van der Waals surface area contributed by atoms with Crippen LogP contribution in [-0.4, -0.2) is 10.1 Å². The molecule has 0 bridgehead atoms. The van der Waals surface area contributed by atoms with Gasteiger partial charge >= 0.3 is 0 Å². The number of hydrogen-bond donors (Lipinski definition) is 2. The first-order chi connectivity index (χ1) is 8.27. The normalized spacial score (nSPS) is 11.1. The highest BCUT2D eigenvalue weighted by molar-refractivity contribution is 7.80. The van der Waals surface area contributed by atoms with Crippen LogP contribution in [0, 0.1) is 0 Å². The molecule has 1 aromatic heterocycles. The molecule has 1 aromatic carbocycles. The summed E-state index contributed by atoms with van der Waals surface area (Å²) in [6, 6.07) is 13.9. The molecule has 0 saturated heterocycles. The highest BCUT2D eigenvalue weighted by Crippen LogP contribution is 2.20. The van der Waals surface area contributed by atoms with Crippen molar-refractivity contribution in [3.05, 3.63) is 66.0 Å². The highest BCUT2D eigenvalue weighted by Gasteiger charge is 2.13. The van der Waals surface area contributed by atoms with Crippen LogP contribution >= 0.6 is 12.2 Å². The maximum atomic E-state index is 5.57. The summed E-state index contributed by atoms with van der Waals surface area (Å²) in [5.41, 5.74) is 7.77. The van der Waals surface area contributed by atoms with E-state index in [0.29, 0.717) is 0 Å². The van der Waals surface area contributed by atoms with Crippen LogP contribution in [0.4, 0.5) is 0 Å². The lowest BCUT2D eigenvalue weighted by atomic mass is 10.00. The van der Waals surface area contributed by atoms with Crippen molar-refractivity contribution in [2.75, 3.05) is 0 Å². The molecule has 0 fully saturated rings. The summed E-state index contributed by atoms with van der Waals surface area (Å²) in [5.74, 6) is 0. The van der Waals surface area contributed by atoms with Gasteiger partial charge in [0.1, 0.15) is 0 Å². The largest absolute Gasteiger partial charge is 1.00 e. The Bertz CT molecular complexity index is 451. The van der Waals surface area contributed by atoms with Gasteiger partial charge in [-0.25, -0.2) is 0 Å². The van der Waals surface area contributed by atoms with Crippen molar-refractivity contribution >= 4 is 17.3 Å². The smallest absolute Gasteiger partial charge is 0.164 e. The number of nitrogens with zero attached hydrogens (tertiary/aromatic N) is 1. The monoisotopic (exact) mass is 278 g/mol. The van der Waals surface area contributed by atoms with Crippen LogP contribution < -0.4 is 23.5 Å². The molecule has 0 radical (unpaired) electrons. The molecule has 0 amide bonds. The lowest BCUT2D eigenvalue weighted by Gasteiger charge is -2.19. The van der Waals surface area contributed by atoms with Crippen molar-refractivity contribution in [1.29, 1.82) is 0 Å². The Kier molecular flexibility index (Phi) is 5.55.